The van der Waals surface area contributed by atoms with Crippen LogP contribution in [0.5, 0.6) is 0 Å². The average Bonchev–Trinajstić information content (AvgIpc) is 2.35. The zero-order valence-corrected chi connectivity index (χ0v) is 10.3. The van der Waals surface area contributed by atoms with Crippen molar-refractivity contribution in [1.29, 1.82) is 0 Å². The summed E-state index contributed by atoms with van der Waals surface area (Å²) in [6, 6.07) is 5.27. The number of aliphatic hydroxyl groups excluding tert-OH is 1. The fourth-order valence-corrected chi connectivity index (χ4v) is 1.48. The number of aliphatic hydroxyl groups is 1. The van der Waals surface area contributed by atoms with E-state index < -0.39 is 17.9 Å². The summed E-state index contributed by atoms with van der Waals surface area (Å²) in [5.74, 6) is -2.02. The van der Waals surface area contributed by atoms with E-state index >= 15 is 0 Å². The van der Waals surface area contributed by atoms with Crippen LogP contribution in [-0.2, 0) is 11.4 Å². The second kappa shape index (κ2) is 6.16. The van der Waals surface area contributed by atoms with Crippen molar-refractivity contribution >= 4 is 11.9 Å². The molecule has 1 aromatic rings. The van der Waals surface area contributed by atoms with Crippen LogP contribution in [0.3, 0.4) is 0 Å². The van der Waals surface area contributed by atoms with Crippen molar-refractivity contribution in [3.63, 3.8) is 0 Å². The van der Waals surface area contributed by atoms with E-state index in [0.29, 0.717) is 11.1 Å². The molecule has 0 aliphatic carbocycles. The Morgan fingerprint density at radius 2 is 1.83 bits per heavy atom. The van der Waals surface area contributed by atoms with Gasteiger partial charge in [-0.2, -0.15) is 0 Å². The third kappa shape index (κ3) is 3.56. The van der Waals surface area contributed by atoms with Crippen molar-refractivity contribution in [1.82, 2.24) is 5.32 Å². The Morgan fingerprint density at radius 3 is 2.22 bits per heavy atom. The third-order valence-corrected chi connectivity index (χ3v) is 2.61. The molecule has 1 rings (SSSR count). The van der Waals surface area contributed by atoms with E-state index in [1.165, 1.54) is 12.1 Å². The molecule has 0 radical (unpaired) electrons. The fraction of sp³-hybridized carbons (Fsp3) is 0.385. The van der Waals surface area contributed by atoms with Crippen LogP contribution in [0.2, 0.25) is 0 Å². The minimum absolute atomic E-state index is 0.102. The minimum Gasteiger partial charge on any atom is -0.548 e. The molecule has 0 aromatic heterocycles. The van der Waals surface area contributed by atoms with E-state index in [-0.39, 0.29) is 12.5 Å². The van der Waals surface area contributed by atoms with Crippen LogP contribution in [0, 0.1) is 5.92 Å². The molecule has 0 bridgehead atoms. The topological polar surface area (TPSA) is 89.5 Å². The summed E-state index contributed by atoms with van der Waals surface area (Å²) in [4.78, 5) is 22.6. The van der Waals surface area contributed by atoms with Crippen molar-refractivity contribution in [2.75, 3.05) is 0 Å². The first kappa shape index (κ1) is 14.2. The van der Waals surface area contributed by atoms with E-state index in [1.54, 1.807) is 26.0 Å². The van der Waals surface area contributed by atoms with Gasteiger partial charge in [-0.3, -0.25) is 4.79 Å². The van der Waals surface area contributed by atoms with E-state index in [9.17, 15) is 14.7 Å². The highest BCUT2D eigenvalue weighted by molar-refractivity contribution is 5.96. The van der Waals surface area contributed by atoms with E-state index in [4.69, 9.17) is 5.11 Å². The van der Waals surface area contributed by atoms with Crippen LogP contribution in [0.4, 0.5) is 0 Å². The molecule has 18 heavy (non-hydrogen) atoms. The van der Waals surface area contributed by atoms with E-state index in [0.717, 1.165) is 0 Å². The van der Waals surface area contributed by atoms with Crippen LogP contribution in [0.25, 0.3) is 0 Å². The van der Waals surface area contributed by atoms with E-state index in [1.807, 2.05) is 0 Å². The number of hydrogen-bond acceptors (Lipinski definition) is 4. The van der Waals surface area contributed by atoms with Gasteiger partial charge in [0.2, 0.25) is 0 Å². The highest BCUT2D eigenvalue weighted by Crippen LogP contribution is 2.06. The Kier molecular flexibility index (Phi) is 4.85. The highest BCUT2D eigenvalue weighted by atomic mass is 16.4. The predicted molar refractivity (Wildman–Crippen MR) is 63.5 cm³/mol. The quantitative estimate of drug-likeness (QED) is 0.749. The average molecular weight is 250 g/mol. The number of rotatable bonds is 5. The first-order valence-corrected chi connectivity index (χ1v) is 5.67. The van der Waals surface area contributed by atoms with Gasteiger partial charge in [-0.05, 0) is 23.6 Å². The summed E-state index contributed by atoms with van der Waals surface area (Å²) in [5, 5.41) is 22.1. The molecule has 1 amide bonds. The summed E-state index contributed by atoms with van der Waals surface area (Å²) >= 11 is 0. The number of amides is 1. The Hall–Kier alpha value is -1.88. The van der Waals surface area contributed by atoms with Crippen LogP contribution >= 0.6 is 0 Å². The van der Waals surface area contributed by atoms with Gasteiger partial charge in [-0.25, -0.2) is 0 Å². The smallest absolute Gasteiger partial charge is 0.251 e. The molecule has 0 aliphatic rings. The summed E-state index contributed by atoms with van der Waals surface area (Å²) < 4.78 is 0. The van der Waals surface area contributed by atoms with Gasteiger partial charge in [0.15, 0.2) is 0 Å². The van der Waals surface area contributed by atoms with Crippen LogP contribution in [0.15, 0.2) is 24.3 Å². The standard InChI is InChI=1S/C13H17NO4/c1-8(2)11(13(17)18)14-12(16)10-5-3-9(7-15)4-6-10/h3-6,8,11,15H,7H2,1-2H3,(H,14,16)(H,17,18)/p-1/t11-/m0/s1. The largest absolute Gasteiger partial charge is 0.548 e. The van der Waals surface area contributed by atoms with Gasteiger partial charge in [-0.15, -0.1) is 0 Å². The van der Waals surface area contributed by atoms with Crippen molar-refractivity contribution in [3.05, 3.63) is 35.4 Å². The maximum absolute atomic E-state index is 11.8. The lowest BCUT2D eigenvalue weighted by molar-refractivity contribution is -0.309. The molecular weight excluding hydrogens is 234 g/mol. The molecule has 5 heteroatoms. The highest BCUT2D eigenvalue weighted by Gasteiger charge is 2.17. The Balaban J connectivity index is 2.77. The molecule has 2 N–H and O–H groups in total. The fourth-order valence-electron chi connectivity index (χ4n) is 1.48. The van der Waals surface area contributed by atoms with Crippen LogP contribution in [0.1, 0.15) is 29.8 Å². The third-order valence-electron chi connectivity index (χ3n) is 2.61. The molecule has 1 aromatic carbocycles. The molecule has 0 heterocycles. The summed E-state index contributed by atoms with van der Waals surface area (Å²) in [6.07, 6.45) is 0. The molecule has 0 aliphatic heterocycles. The lowest BCUT2D eigenvalue weighted by Crippen LogP contribution is -2.50. The second-order valence-electron chi connectivity index (χ2n) is 4.37. The molecule has 0 unspecified atom stereocenters. The number of hydrogen-bond donors (Lipinski definition) is 2. The molecule has 0 saturated heterocycles. The lowest BCUT2D eigenvalue weighted by atomic mass is 10.0. The SMILES string of the molecule is CC(C)[C@H](NC(=O)c1ccc(CO)cc1)C(=O)[O-]. The summed E-state index contributed by atoms with van der Waals surface area (Å²) in [5.41, 5.74) is 1.03. The second-order valence-corrected chi connectivity index (χ2v) is 4.37. The van der Waals surface area contributed by atoms with Crippen molar-refractivity contribution < 1.29 is 19.8 Å². The Labute approximate surface area is 105 Å². The normalized spacial score (nSPS) is 12.2. The molecule has 0 saturated carbocycles. The summed E-state index contributed by atoms with van der Waals surface area (Å²) in [7, 11) is 0. The number of carbonyl (C=O) groups excluding carboxylic acids is 2. The van der Waals surface area contributed by atoms with E-state index in [2.05, 4.69) is 5.32 Å². The zero-order chi connectivity index (χ0) is 13.7. The predicted octanol–water partition coefficient (Wildman–Crippen LogP) is -0.317. The molecule has 0 fully saturated rings. The maximum Gasteiger partial charge on any atom is 0.251 e. The van der Waals surface area contributed by atoms with Gasteiger partial charge in [0, 0.05) is 5.56 Å². The van der Waals surface area contributed by atoms with Gasteiger partial charge in [-0.1, -0.05) is 26.0 Å². The Morgan fingerprint density at radius 1 is 1.28 bits per heavy atom. The van der Waals surface area contributed by atoms with Gasteiger partial charge >= 0.3 is 0 Å². The van der Waals surface area contributed by atoms with Crippen molar-refractivity contribution in [2.24, 2.45) is 5.92 Å². The number of nitrogens with one attached hydrogen (secondary N) is 1. The molecule has 1 atom stereocenters. The van der Waals surface area contributed by atoms with Gasteiger partial charge in [0.05, 0.1) is 18.6 Å². The number of carboxylic acids is 1. The first-order valence-electron chi connectivity index (χ1n) is 5.67. The Bertz CT molecular complexity index is 425. The lowest BCUT2D eigenvalue weighted by Gasteiger charge is -2.23. The number of aliphatic carboxylic acids is 1. The minimum atomic E-state index is -1.30. The molecular formula is C13H16NO4-. The van der Waals surface area contributed by atoms with Gasteiger partial charge in [0.25, 0.3) is 5.91 Å². The molecule has 5 nitrogen and oxygen atoms in total. The van der Waals surface area contributed by atoms with Crippen molar-refractivity contribution in [2.45, 2.75) is 26.5 Å². The summed E-state index contributed by atoms with van der Waals surface area (Å²) in [6.45, 7) is 3.28. The monoisotopic (exact) mass is 250 g/mol. The zero-order valence-electron chi connectivity index (χ0n) is 10.3. The molecule has 98 valence electrons. The van der Waals surface area contributed by atoms with Crippen molar-refractivity contribution in [3.8, 4) is 0 Å². The molecule has 0 spiro atoms. The number of carboxylic acid groups (broad SMARTS) is 1. The van der Waals surface area contributed by atoms with Crippen LogP contribution < -0.4 is 10.4 Å². The number of carbonyl (C=O) groups is 2. The maximum atomic E-state index is 11.8. The van der Waals surface area contributed by atoms with Gasteiger partial charge in [0.1, 0.15) is 0 Å². The first-order chi connectivity index (χ1) is 8.45. The van der Waals surface area contributed by atoms with Gasteiger partial charge < -0.3 is 20.3 Å². The van der Waals surface area contributed by atoms with Crippen LogP contribution in [-0.4, -0.2) is 23.0 Å². The number of benzene rings is 1.